The van der Waals surface area contributed by atoms with E-state index in [2.05, 4.69) is 15.4 Å². The molecule has 0 radical (unpaired) electrons. The van der Waals surface area contributed by atoms with Crippen LogP contribution in [0, 0.1) is 5.82 Å². The zero-order chi connectivity index (χ0) is 19.7. The summed E-state index contributed by atoms with van der Waals surface area (Å²) in [4.78, 5) is 16.7. The van der Waals surface area contributed by atoms with Crippen molar-refractivity contribution >= 4 is 23.6 Å². The molecule has 1 aliphatic rings. The third kappa shape index (κ3) is 3.50. The lowest BCUT2D eigenvalue weighted by Gasteiger charge is -2.27. The van der Waals surface area contributed by atoms with Crippen molar-refractivity contribution in [3.05, 3.63) is 82.8 Å². The fraction of sp³-hybridized carbons (Fsp3) is 0.150. The first-order chi connectivity index (χ1) is 13.5. The van der Waals surface area contributed by atoms with Crippen molar-refractivity contribution < 1.29 is 9.18 Å². The van der Waals surface area contributed by atoms with Gasteiger partial charge in [-0.25, -0.2) is 9.07 Å². The number of thioether (sulfide) groups is 1. The van der Waals surface area contributed by atoms with Crippen LogP contribution in [0.4, 0.5) is 10.3 Å². The maximum absolute atomic E-state index is 13.8. The van der Waals surface area contributed by atoms with Crippen LogP contribution < -0.4 is 11.1 Å². The second kappa shape index (κ2) is 7.47. The number of carbonyl (C=O) groups excluding carboxylic acids is 1. The van der Waals surface area contributed by atoms with Gasteiger partial charge in [0, 0.05) is 11.4 Å². The van der Waals surface area contributed by atoms with Crippen molar-refractivity contribution in [1.29, 1.82) is 0 Å². The third-order valence-electron chi connectivity index (χ3n) is 4.47. The molecule has 2 heterocycles. The largest absolute Gasteiger partial charge is 0.366 e. The smallest absolute Gasteiger partial charge is 0.248 e. The lowest BCUT2D eigenvalue weighted by Crippen LogP contribution is -2.31. The average molecular weight is 395 g/mol. The number of aromatic nitrogens is 3. The summed E-state index contributed by atoms with van der Waals surface area (Å²) in [6.07, 6.45) is 0. The van der Waals surface area contributed by atoms with E-state index in [1.807, 2.05) is 30.3 Å². The summed E-state index contributed by atoms with van der Waals surface area (Å²) in [5, 5.41) is 8.21. The molecule has 8 heteroatoms. The first-order valence-electron chi connectivity index (χ1n) is 8.69. The quantitative estimate of drug-likeness (QED) is 0.646. The number of primary amides is 1. The SMILES string of the molecule is CC1=C(C(N)=O)[C@@H](c2cccc(F)c2)n2nc(SCc3ccccc3)nc2N1. The van der Waals surface area contributed by atoms with Gasteiger partial charge in [0.1, 0.15) is 11.9 Å². The fourth-order valence-corrected chi connectivity index (χ4v) is 4.00. The van der Waals surface area contributed by atoms with Crippen LogP contribution in [0.3, 0.4) is 0 Å². The van der Waals surface area contributed by atoms with Gasteiger partial charge < -0.3 is 11.1 Å². The molecule has 4 rings (SSSR count). The number of carbonyl (C=O) groups is 1. The van der Waals surface area contributed by atoms with Crippen LogP contribution in [0.5, 0.6) is 0 Å². The van der Waals surface area contributed by atoms with Crippen molar-refractivity contribution in [1.82, 2.24) is 14.8 Å². The number of nitrogens with one attached hydrogen (secondary N) is 1. The molecule has 142 valence electrons. The summed E-state index contributed by atoms with van der Waals surface area (Å²) < 4.78 is 15.4. The number of amides is 1. The fourth-order valence-electron chi connectivity index (χ4n) is 3.22. The van der Waals surface area contributed by atoms with E-state index in [0.717, 1.165) is 5.56 Å². The number of benzene rings is 2. The van der Waals surface area contributed by atoms with Crippen molar-refractivity contribution in [3.8, 4) is 0 Å². The minimum absolute atomic E-state index is 0.336. The number of hydrogen-bond donors (Lipinski definition) is 2. The highest BCUT2D eigenvalue weighted by Gasteiger charge is 2.33. The van der Waals surface area contributed by atoms with Gasteiger partial charge >= 0.3 is 0 Å². The first-order valence-corrected chi connectivity index (χ1v) is 9.68. The Morgan fingerprint density at radius 3 is 2.75 bits per heavy atom. The maximum Gasteiger partial charge on any atom is 0.248 e. The number of anilines is 1. The first kappa shape index (κ1) is 18.2. The Balaban J connectivity index is 1.71. The number of rotatable bonds is 5. The van der Waals surface area contributed by atoms with Crippen molar-refractivity contribution in [2.24, 2.45) is 5.73 Å². The Kier molecular flexibility index (Phi) is 4.87. The molecule has 3 N–H and O–H groups in total. The molecule has 2 aromatic carbocycles. The zero-order valence-electron chi connectivity index (χ0n) is 15.1. The van der Waals surface area contributed by atoms with Gasteiger partial charge in [-0.2, -0.15) is 4.98 Å². The van der Waals surface area contributed by atoms with E-state index < -0.39 is 17.8 Å². The van der Waals surface area contributed by atoms with Gasteiger partial charge in [0.05, 0.1) is 5.57 Å². The molecule has 3 aromatic rings. The van der Waals surface area contributed by atoms with E-state index in [9.17, 15) is 9.18 Å². The minimum atomic E-state index is -0.636. The molecule has 0 spiro atoms. The summed E-state index contributed by atoms with van der Waals surface area (Å²) in [5.41, 5.74) is 8.28. The molecule has 0 aliphatic carbocycles. The standard InChI is InChI=1S/C20H18FN5OS/c1-12-16(18(22)27)17(14-8-5-9-15(21)10-14)26-19(23-12)24-20(25-26)28-11-13-6-3-2-4-7-13/h2-10,17H,11H2,1H3,(H2,22,27)(H,23,24,25)/t17-/m1/s1. The van der Waals surface area contributed by atoms with Gasteiger partial charge in [-0.15, -0.1) is 5.10 Å². The van der Waals surface area contributed by atoms with Crippen LogP contribution in [-0.4, -0.2) is 20.7 Å². The Labute approximate surface area is 165 Å². The van der Waals surface area contributed by atoms with Crippen LogP contribution in [-0.2, 0) is 10.5 Å². The molecule has 0 saturated heterocycles. The second-order valence-electron chi connectivity index (χ2n) is 6.42. The van der Waals surface area contributed by atoms with Crippen LogP contribution in [0.2, 0.25) is 0 Å². The minimum Gasteiger partial charge on any atom is -0.366 e. The van der Waals surface area contributed by atoms with Gasteiger partial charge in [0.2, 0.25) is 17.0 Å². The highest BCUT2D eigenvalue weighted by atomic mass is 32.2. The van der Waals surface area contributed by atoms with Crippen LogP contribution >= 0.6 is 11.8 Å². The topological polar surface area (TPSA) is 85.8 Å². The van der Waals surface area contributed by atoms with E-state index in [4.69, 9.17) is 5.73 Å². The zero-order valence-corrected chi connectivity index (χ0v) is 15.9. The molecule has 6 nitrogen and oxygen atoms in total. The van der Waals surface area contributed by atoms with Crippen LogP contribution in [0.15, 0.2) is 71.0 Å². The molecular formula is C20H18FN5OS. The lowest BCUT2D eigenvalue weighted by molar-refractivity contribution is -0.115. The van der Waals surface area contributed by atoms with Gasteiger partial charge in [-0.1, -0.05) is 54.2 Å². The molecule has 0 fully saturated rings. The highest BCUT2D eigenvalue weighted by molar-refractivity contribution is 7.98. The lowest BCUT2D eigenvalue weighted by atomic mass is 9.95. The molecule has 28 heavy (non-hydrogen) atoms. The Hall–Kier alpha value is -3.13. The van der Waals surface area contributed by atoms with E-state index in [0.29, 0.717) is 33.7 Å². The van der Waals surface area contributed by atoms with Crippen LogP contribution in [0.1, 0.15) is 24.1 Å². The van der Waals surface area contributed by atoms with E-state index in [-0.39, 0.29) is 0 Å². The second-order valence-corrected chi connectivity index (χ2v) is 7.36. The van der Waals surface area contributed by atoms with E-state index >= 15 is 0 Å². The number of nitrogens with two attached hydrogens (primary N) is 1. The van der Waals surface area contributed by atoms with Crippen molar-refractivity contribution in [2.75, 3.05) is 5.32 Å². The number of halogens is 1. The van der Waals surface area contributed by atoms with Crippen molar-refractivity contribution in [3.63, 3.8) is 0 Å². The maximum atomic E-state index is 13.8. The van der Waals surface area contributed by atoms with E-state index in [1.165, 1.54) is 23.9 Å². The number of hydrogen-bond acceptors (Lipinski definition) is 5. The normalized spacial score (nSPS) is 15.9. The Morgan fingerprint density at radius 2 is 2.04 bits per heavy atom. The predicted octanol–water partition coefficient (Wildman–Crippen LogP) is 3.48. The monoisotopic (exact) mass is 395 g/mol. The van der Waals surface area contributed by atoms with E-state index in [1.54, 1.807) is 23.7 Å². The van der Waals surface area contributed by atoms with Crippen molar-refractivity contribution in [2.45, 2.75) is 23.9 Å². The average Bonchev–Trinajstić information content (AvgIpc) is 3.08. The molecule has 1 aliphatic heterocycles. The molecule has 0 saturated carbocycles. The molecule has 0 unspecified atom stereocenters. The van der Waals surface area contributed by atoms with Gasteiger partial charge in [0.25, 0.3) is 0 Å². The van der Waals surface area contributed by atoms with Crippen LogP contribution in [0.25, 0.3) is 0 Å². The highest BCUT2D eigenvalue weighted by Crippen LogP contribution is 2.36. The summed E-state index contributed by atoms with van der Waals surface area (Å²) in [7, 11) is 0. The van der Waals surface area contributed by atoms with Gasteiger partial charge in [-0.3, -0.25) is 4.79 Å². The van der Waals surface area contributed by atoms with Gasteiger partial charge in [0.15, 0.2) is 0 Å². The number of allylic oxidation sites excluding steroid dienone is 1. The summed E-state index contributed by atoms with van der Waals surface area (Å²) >= 11 is 1.49. The molecular weight excluding hydrogens is 377 g/mol. The molecule has 0 bridgehead atoms. The number of fused-ring (bicyclic) bond motifs is 1. The molecule has 1 aromatic heterocycles. The Morgan fingerprint density at radius 1 is 1.25 bits per heavy atom. The van der Waals surface area contributed by atoms with Gasteiger partial charge in [-0.05, 0) is 30.2 Å². The summed E-state index contributed by atoms with van der Waals surface area (Å²) in [6, 6.07) is 15.5. The Bertz CT molecular complexity index is 1060. The number of nitrogens with zero attached hydrogens (tertiary/aromatic N) is 3. The molecule has 1 amide bonds. The third-order valence-corrected chi connectivity index (χ3v) is 5.38. The summed E-state index contributed by atoms with van der Waals surface area (Å²) in [5.74, 6) is 0.230. The summed E-state index contributed by atoms with van der Waals surface area (Å²) in [6.45, 7) is 1.75. The predicted molar refractivity (Wildman–Crippen MR) is 106 cm³/mol. The molecule has 1 atom stereocenters.